The predicted molar refractivity (Wildman–Crippen MR) is 112 cm³/mol. The number of fused-ring (bicyclic) bond motifs is 2. The molecule has 3 aromatic carbocycles. The SMILES string of the molecule is O=C1c2ccccc2-c2cc(=O)[nH]c3ccc(Nc4ccccc4)c1c23.O=S=O. The number of pyridine rings is 1. The summed E-state index contributed by atoms with van der Waals surface area (Å²) < 4.78 is 16.6. The van der Waals surface area contributed by atoms with Crippen molar-refractivity contribution in [3.63, 3.8) is 0 Å². The highest BCUT2D eigenvalue weighted by Gasteiger charge is 2.28. The van der Waals surface area contributed by atoms with Crippen molar-refractivity contribution in [1.82, 2.24) is 4.98 Å². The molecular formula is C22H14N2O4S. The lowest BCUT2D eigenvalue weighted by molar-refractivity contribution is 0.104. The highest BCUT2D eigenvalue weighted by atomic mass is 32.1. The van der Waals surface area contributed by atoms with E-state index in [1.807, 2.05) is 66.7 Å². The minimum atomic E-state index is -0.750. The van der Waals surface area contributed by atoms with E-state index in [-0.39, 0.29) is 11.3 Å². The molecule has 29 heavy (non-hydrogen) atoms. The van der Waals surface area contributed by atoms with Gasteiger partial charge in [0.1, 0.15) is 0 Å². The maximum absolute atomic E-state index is 13.3. The molecule has 0 aliphatic heterocycles. The third-order valence-electron chi connectivity index (χ3n) is 4.75. The first-order chi connectivity index (χ1) is 14.1. The van der Waals surface area contributed by atoms with Crippen molar-refractivity contribution in [2.75, 3.05) is 5.32 Å². The van der Waals surface area contributed by atoms with Gasteiger partial charge in [0.05, 0.1) is 11.3 Å². The molecule has 2 N–H and O–H groups in total. The molecule has 4 aromatic rings. The van der Waals surface area contributed by atoms with Crippen molar-refractivity contribution in [3.8, 4) is 11.1 Å². The predicted octanol–water partition coefficient (Wildman–Crippen LogP) is 3.81. The molecule has 0 saturated carbocycles. The molecule has 0 atom stereocenters. The lowest BCUT2D eigenvalue weighted by Gasteiger charge is -2.22. The van der Waals surface area contributed by atoms with Gasteiger partial charge in [0.2, 0.25) is 5.56 Å². The molecule has 1 heterocycles. The van der Waals surface area contributed by atoms with Crippen LogP contribution in [0.1, 0.15) is 15.9 Å². The van der Waals surface area contributed by atoms with Crippen LogP contribution in [-0.2, 0) is 11.6 Å². The van der Waals surface area contributed by atoms with Crippen LogP contribution < -0.4 is 10.9 Å². The summed E-state index contributed by atoms with van der Waals surface area (Å²) in [5.41, 5.74) is 4.95. The number of aromatic nitrogens is 1. The number of carbonyl (C=O) groups is 1. The van der Waals surface area contributed by atoms with Crippen molar-refractivity contribution in [2.24, 2.45) is 0 Å². The molecule has 0 amide bonds. The van der Waals surface area contributed by atoms with Gasteiger partial charge in [-0.3, -0.25) is 9.59 Å². The zero-order chi connectivity index (χ0) is 20.4. The summed E-state index contributed by atoms with van der Waals surface area (Å²) in [6.45, 7) is 0. The van der Waals surface area contributed by atoms with Crippen molar-refractivity contribution in [3.05, 3.63) is 94.3 Å². The third-order valence-corrected chi connectivity index (χ3v) is 4.75. The Bertz CT molecular complexity index is 1340. The fourth-order valence-corrected chi connectivity index (χ4v) is 3.64. The smallest absolute Gasteiger partial charge is 0.335 e. The van der Waals surface area contributed by atoms with E-state index >= 15 is 0 Å². The molecule has 1 aromatic heterocycles. The molecule has 0 saturated heterocycles. The normalized spacial score (nSPS) is 11.2. The van der Waals surface area contributed by atoms with E-state index in [2.05, 4.69) is 10.3 Å². The fourth-order valence-electron chi connectivity index (χ4n) is 3.64. The van der Waals surface area contributed by atoms with Crippen molar-refractivity contribution >= 4 is 39.6 Å². The summed E-state index contributed by atoms with van der Waals surface area (Å²) in [5, 5.41) is 4.13. The van der Waals surface area contributed by atoms with Crippen LogP contribution in [0.5, 0.6) is 0 Å². The van der Waals surface area contributed by atoms with Crippen LogP contribution in [0.15, 0.2) is 77.6 Å². The number of hydrogen-bond acceptors (Lipinski definition) is 5. The number of benzene rings is 3. The van der Waals surface area contributed by atoms with Gasteiger partial charge in [-0.15, -0.1) is 0 Å². The Balaban J connectivity index is 0.000000645. The second-order valence-corrected chi connectivity index (χ2v) is 6.53. The first kappa shape index (κ1) is 18.5. The summed E-state index contributed by atoms with van der Waals surface area (Å²) in [6.07, 6.45) is 0. The average Bonchev–Trinajstić information content (AvgIpc) is 2.73. The Kier molecular flexibility index (Phi) is 4.88. The van der Waals surface area contributed by atoms with Crippen LogP contribution in [0.25, 0.3) is 22.0 Å². The largest absolute Gasteiger partial charge is 0.355 e. The van der Waals surface area contributed by atoms with Gasteiger partial charge in [0, 0.05) is 28.2 Å². The molecule has 1 aliphatic carbocycles. The molecule has 7 heteroatoms. The number of para-hydroxylation sites is 1. The molecule has 6 nitrogen and oxygen atoms in total. The minimum Gasteiger partial charge on any atom is -0.355 e. The van der Waals surface area contributed by atoms with Gasteiger partial charge in [-0.2, -0.15) is 8.42 Å². The summed E-state index contributed by atoms with van der Waals surface area (Å²) in [6, 6.07) is 22.4. The molecule has 1 aliphatic rings. The number of hydrogen-bond donors (Lipinski definition) is 2. The first-order valence-electron chi connectivity index (χ1n) is 8.72. The number of anilines is 2. The Hall–Kier alpha value is -3.84. The van der Waals surface area contributed by atoms with E-state index in [0.29, 0.717) is 16.6 Å². The summed E-state index contributed by atoms with van der Waals surface area (Å²) in [7, 11) is 0. The summed E-state index contributed by atoms with van der Waals surface area (Å²) >= 11 is -0.750. The van der Waals surface area contributed by atoms with Crippen LogP contribution in [0, 0.1) is 0 Å². The van der Waals surface area contributed by atoms with E-state index in [9.17, 15) is 9.59 Å². The molecular weight excluding hydrogens is 388 g/mol. The molecule has 0 bridgehead atoms. The number of aromatic amines is 1. The lowest BCUT2D eigenvalue weighted by Crippen LogP contribution is -2.16. The highest BCUT2D eigenvalue weighted by Crippen LogP contribution is 2.41. The molecule has 0 spiro atoms. The standard InChI is InChI=1S/C22H14N2O2.O2S/c25-19-12-16-14-8-4-5-9-15(14)22(26)21-18(11-10-17(24-19)20(16)21)23-13-6-2-1-3-7-13;1-3-2/h1-12,23H,(H,24,25);. The maximum atomic E-state index is 13.3. The van der Waals surface area contributed by atoms with Gasteiger partial charge < -0.3 is 10.3 Å². The quantitative estimate of drug-likeness (QED) is 0.468. The summed E-state index contributed by atoms with van der Waals surface area (Å²) in [4.78, 5) is 28.2. The van der Waals surface area contributed by atoms with Gasteiger partial charge in [-0.25, -0.2) is 0 Å². The van der Waals surface area contributed by atoms with Crippen LogP contribution in [-0.4, -0.2) is 19.2 Å². The zero-order valence-corrected chi connectivity index (χ0v) is 15.8. The number of nitrogens with one attached hydrogen (secondary N) is 2. The summed E-state index contributed by atoms with van der Waals surface area (Å²) in [5.74, 6) is -0.0378. The van der Waals surface area contributed by atoms with E-state index in [1.165, 1.54) is 0 Å². The van der Waals surface area contributed by atoms with E-state index < -0.39 is 11.6 Å². The Labute approximate surface area is 168 Å². The number of ketones is 1. The Morgan fingerprint density at radius 3 is 2.14 bits per heavy atom. The zero-order valence-electron chi connectivity index (χ0n) is 15.0. The Morgan fingerprint density at radius 2 is 1.41 bits per heavy atom. The number of carbonyl (C=O) groups excluding carboxylic acids is 1. The maximum Gasteiger partial charge on any atom is 0.335 e. The molecule has 142 valence electrons. The highest BCUT2D eigenvalue weighted by molar-refractivity contribution is 7.51. The Morgan fingerprint density at radius 1 is 0.759 bits per heavy atom. The van der Waals surface area contributed by atoms with Crippen LogP contribution in [0.3, 0.4) is 0 Å². The number of H-pyrrole nitrogens is 1. The van der Waals surface area contributed by atoms with E-state index in [1.54, 1.807) is 6.07 Å². The second kappa shape index (κ2) is 7.65. The number of rotatable bonds is 2. The van der Waals surface area contributed by atoms with Crippen molar-refractivity contribution < 1.29 is 13.2 Å². The van der Waals surface area contributed by atoms with Crippen LogP contribution >= 0.6 is 0 Å². The molecule has 5 rings (SSSR count). The average molecular weight is 402 g/mol. The van der Waals surface area contributed by atoms with Crippen molar-refractivity contribution in [2.45, 2.75) is 0 Å². The fraction of sp³-hybridized carbons (Fsp3) is 0. The monoisotopic (exact) mass is 402 g/mol. The molecule has 0 fully saturated rings. The van der Waals surface area contributed by atoms with Gasteiger partial charge in [0.25, 0.3) is 0 Å². The van der Waals surface area contributed by atoms with E-state index in [0.717, 1.165) is 27.9 Å². The van der Waals surface area contributed by atoms with Crippen LogP contribution in [0.2, 0.25) is 0 Å². The lowest BCUT2D eigenvalue weighted by atomic mass is 9.83. The van der Waals surface area contributed by atoms with Gasteiger partial charge in [-0.05, 0) is 35.4 Å². The molecule has 0 radical (unpaired) electrons. The van der Waals surface area contributed by atoms with Gasteiger partial charge in [-0.1, -0.05) is 42.5 Å². The van der Waals surface area contributed by atoms with E-state index in [4.69, 9.17) is 8.42 Å². The first-order valence-corrected chi connectivity index (χ1v) is 9.38. The second-order valence-electron chi connectivity index (χ2n) is 6.39. The minimum absolute atomic E-state index is 0.0378. The van der Waals surface area contributed by atoms with Crippen LogP contribution in [0.4, 0.5) is 11.4 Å². The van der Waals surface area contributed by atoms with Gasteiger partial charge >= 0.3 is 11.6 Å². The topological polar surface area (TPSA) is 96.1 Å². The van der Waals surface area contributed by atoms with Gasteiger partial charge in [0.15, 0.2) is 5.78 Å². The molecule has 0 unspecified atom stereocenters. The van der Waals surface area contributed by atoms with Crippen molar-refractivity contribution in [1.29, 1.82) is 0 Å². The third kappa shape index (κ3) is 3.28.